The smallest absolute Gasteiger partial charge is 0.0673 e. The summed E-state index contributed by atoms with van der Waals surface area (Å²) in [6.45, 7) is 12.1. The Hall–Kier alpha value is -0.380. The minimum absolute atomic E-state index is 0.648. The Morgan fingerprint density at radius 1 is 1.47 bits per heavy atom. The van der Waals surface area contributed by atoms with E-state index < -0.39 is 0 Å². The number of nitrogens with zero attached hydrogens (tertiary/aromatic N) is 1. The standard InChI is InChI=1S/C14H28N2O/c1-5-15-10-12(2)13(3)16-8-6-14(7-9-16)11-17-4/h6,12-13,15H,5,7-11H2,1-4H3. The molecule has 17 heavy (non-hydrogen) atoms. The molecule has 0 spiro atoms. The van der Waals surface area contributed by atoms with Gasteiger partial charge in [-0.15, -0.1) is 0 Å². The van der Waals surface area contributed by atoms with E-state index in [1.807, 2.05) is 0 Å². The predicted molar refractivity (Wildman–Crippen MR) is 73.3 cm³/mol. The summed E-state index contributed by atoms with van der Waals surface area (Å²) in [6.07, 6.45) is 3.50. The highest BCUT2D eigenvalue weighted by Gasteiger charge is 2.21. The van der Waals surface area contributed by atoms with Crippen LogP contribution in [0.5, 0.6) is 0 Å². The van der Waals surface area contributed by atoms with Gasteiger partial charge in [0.15, 0.2) is 0 Å². The first-order chi connectivity index (χ1) is 8.19. The number of nitrogens with one attached hydrogen (secondary N) is 1. The maximum absolute atomic E-state index is 5.18. The Balaban J connectivity index is 2.36. The van der Waals surface area contributed by atoms with E-state index in [-0.39, 0.29) is 0 Å². The Morgan fingerprint density at radius 2 is 2.24 bits per heavy atom. The van der Waals surface area contributed by atoms with E-state index in [1.165, 1.54) is 12.1 Å². The van der Waals surface area contributed by atoms with Gasteiger partial charge < -0.3 is 10.1 Å². The van der Waals surface area contributed by atoms with Crippen molar-refractivity contribution in [3.05, 3.63) is 11.6 Å². The summed E-state index contributed by atoms with van der Waals surface area (Å²) in [6, 6.07) is 0.648. The predicted octanol–water partition coefficient (Wildman–Crippen LogP) is 1.90. The molecule has 0 fully saturated rings. The summed E-state index contributed by atoms with van der Waals surface area (Å²) in [4.78, 5) is 2.57. The van der Waals surface area contributed by atoms with Gasteiger partial charge in [-0.2, -0.15) is 0 Å². The zero-order valence-corrected chi connectivity index (χ0v) is 11.8. The summed E-state index contributed by atoms with van der Waals surface area (Å²) in [5, 5.41) is 3.44. The topological polar surface area (TPSA) is 24.5 Å². The molecule has 3 nitrogen and oxygen atoms in total. The van der Waals surface area contributed by atoms with Crippen molar-refractivity contribution in [2.24, 2.45) is 5.92 Å². The van der Waals surface area contributed by atoms with Gasteiger partial charge in [-0.3, -0.25) is 4.90 Å². The van der Waals surface area contributed by atoms with Crippen molar-refractivity contribution in [1.82, 2.24) is 10.2 Å². The van der Waals surface area contributed by atoms with E-state index in [1.54, 1.807) is 7.11 Å². The monoisotopic (exact) mass is 240 g/mol. The third kappa shape index (κ3) is 4.78. The lowest BCUT2D eigenvalue weighted by Gasteiger charge is -2.35. The summed E-state index contributed by atoms with van der Waals surface area (Å²) >= 11 is 0. The van der Waals surface area contributed by atoms with Crippen LogP contribution >= 0.6 is 0 Å². The Labute approximate surface area is 106 Å². The molecule has 0 aromatic heterocycles. The first kappa shape index (κ1) is 14.7. The first-order valence-electron chi connectivity index (χ1n) is 6.80. The van der Waals surface area contributed by atoms with E-state index in [0.717, 1.165) is 32.7 Å². The third-order valence-corrected chi connectivity index (χ3v) is 3.78. The summed E-state index contributed by atoms with van der Waals surface area (Å²) in [7, 11) is 1.77. The first-order valence-corrected chi connectivity index (χ1v) is 6.80. The van der Waals surface area contributed by atoms with Crippen LogP contribution in [0, 0.1) is 5.92 Å². The van der Waals surface area contributed by atoms with Crippen LogP contribution in [0.4, 0.5) is 0 Å². The maximum atomic E-state index is 5.18. The molecule has 1 rings (SSSR count). The number of methoxy groups -OCH3 is 1. The Morgan fingerprint density at radius 3 is 2.76 bits per heavy atom. The van der Waals surface area contributed by atoms with E-state index in [2.05, 4.69) is 37.1 Å². The molecule has 1 heterocycles. The Bertz CT molecular complexity index is 240. The summed E-state index contributed by atoms with van der Waals surface area (Å²) < 4.78 is 5.18. The highest BCUT2D eigenvalue weighted by molar-refractivity contribution is 5.08. The van der Waals surface area contributed by atoms with Crippen LogP contribution in [-0.4, -0.2) is 50.8 Å². The Kier molecular flexibility index (Phi) is 6.78. The second-order valence-electron chi connectivity index (χ2n) is 5.07. The fourth-order valence-corrected chi connectivity index (χ4v) is 2.32. The second-order valence-corrected chi connectivity index (χ2v) is 5.07. The van der Waals surface area contributed by atoms with Crippen molar-refractivity contribution in [2.75, 3.05) is 39.9 Å². The molecule has 2 atom stereocenters. The van der Waals surface area contributed by atoms with Crippen LogP contribution in [0.2, 0.25) is 0 Å². The zero-order valence-electron chi connectivity index (χ0n) is 11.8. The van der Waals surface area contributed by atoms with Gasteiger partial charge in [0.2, 0.25) is 0 Å². The van der Waals surface area contributed by atoms with E-state index >= 15 is 0 Å². The molecule has 0 bridgehead atoms. The van der Waals surface area contributed by atoms with E-state index in [9.17, 15) is 0 Å². The fourth-order valence-electron chi connectivity index (χ4n) is 2.32. The molecule has 3 heteroatoms. The molecule has 2 unspecified atom stereocenters. The molecule has 0 aliphatic carbocycles. The van der Waals surface area contributed by atoms with Gasteiger partial charge >= 0.3 is 0 Å². The average molecular weight is 240 g/mol. The van der Waals surface area contributed by atoms with Gasteiger partial charge in [0.1, 0.15) is 0 Å². The van der Waals surface area contributed by atoms with Gasteiger partial charge in [-0.1, -0.05) is 19.9 Å². The largest absolute Gasteiger partial charge is 0.380 e. The molecule has 0 aromatic carbocycles. The molecule has 100 valence electrons. The SMILES string of the molecule is CCNCC(C)C(C)N1CC=C(COC)CC1. The average Bonchev–Trinajstić information content (AvgIpc) is 2.36. The minimum Gasteiger partial charge on any atom is -0.380 e. The van der Waals surface area contributed by atoms with Crippen LogP contribution < -0.4 is 5.32 Å². The highest BCUT2D eigenvalue weighted by atomic mass is 16.5. The number of rotatable bonds is 7. The molecule has 0 saturated carbocycles. The summed E-state index contributed by atoms with van der Waals surface area (Å²) in [5.74, 6) is 0.701. The lowest BCUT2D eigenvalue weighted by atomic mass is 9.99. The molecule has 0 aromatic rings. The third-order valence-electron chi connectivity index (χ3n) is 3.78. The fraction of sp³-hybridized carbons (Fsp3) is 0.857. The van der Waals surface area contributed by atoms with Gasteiger partial charge in [-0.25, -0.2) is 0 Å². The lowest BCUT2D eigenvalue weighted by molar-refractivity contribution is 0.161. The molecule has 0 radical (unpaired) electrons. The molecule has 0 saturated heterocycles. The van der Waals surface area contributed by atoms with Crippen molar-refractivity contribution in [3.63, 3.8) is 0 Å². The summed E-state index contributed by atoms with van der Waals surface area (Å²) in [5.41, 5.74) is 1.45. The van der Waals surface area contributed by atoms with Gasteiger partial charge in [0.25, 0.3) is 0 Å². The normalized spacial score (nSPS) is 21.1. The zero-order chi connectivity index (χ0) is 12.7. The van der Waals surface area contributed by atoms with Crippen molar-refractivity contribution in [2.45, 2.75) is 33.2 Å². The van der Waals surface area contributed by atoms with Crippen molar-refractivity contribution < 1.29 is 4.74 Å². The minimum atomic E-state index is 0.648. The lowest BCUT2D eigenvalue weighted by Crippen LogP contribution is -2.43. The molecule has 1 aliphatic rings. The van der Waals surface area contributed by atoms with E-state index in [0.29, 0.717) is 12.0 Å². The van der Waals surface area contributed by atoms with Crippen LogP contribution in [0.15, 0.2) is 11.6 Å². The van der Waals surface area contributed by atoms with Crippen LogP contribution in [0.3, 0.4) is 0 Å². The van der Waals surface area contributed by atoms with Crippen LogP contribution in [0.25, 0.3) is 0 Å². The molecular formula is C14H28N2O. The van der Waals surface area contributed by atoms with Crippen LogP contribution in [0.1, 0.15) is 27.2 Å². The van der Waals surface area contributed by atoms with Gasteiger partial charge in [0.05, 0.1) is 6.61 Å². The number of ether oxygens (including phenoxy) is 1. The van der Waals surface area contributed by atoms with Gasteiger partial charge in [0, 0.05) is 26.2 Å². The van der Waals surface area contributed by atoms with Gasteiger partial charge in [-0.05, 0) is 37.9 Å². The molecular weight excluding hydrogens is 212 g/mol. The van der Waals surface area contributed by atoms with Crippen molar-refractivity contribution in [1.29, 1.82) is 0 Å². The maximum Gasteiger partial charge on any atom is 0.0673 e. The van der Waals surface area contributed by atoms with E-state index in [4.69, 9.17) is 4.74 Å². The molecule has 0 amide bonds. The van der Waals surface area contributed by atoms with Crippen molar-refractivity contribution in [3.8, 4) is 0 Å². The quantitative estimate of drug-likeness (QED) is 0.688. The van der Waals surface area contributed by atoms with Crippen LogP contribution in [-0.2, 0) is 4.74 Å². The number of hydrogen-bond donors (Lipinski definition) is 1. The second kappa shape index (κ2) is 7.85. The highest BCUT2D eigenvalue weighted by Crippen LogP contribution is 2.17. The molecule has 1 N–H and O–H groups in total. The number of hydrogen-bond acceptors (Lipinski definition) is 3. The molecule has 1 aliphatic heterocycles. The van der Waals surface area contributed by atoms with Crippen molar-refractivity contribution >= 4 is 0 Å².